The van der Waals surface area contributed by atoms with E-state index in [1.807, 2.05) is 19.3 Å². The van der Waals surface area contributed by atoms with E-state index in [-0.39, 0.29) is 6.04 Å². The van der Waals surface area contributed by atoms with E-state index >= 15 is 0 Å². The highest BCUT2D eigenvalue weighted by Gasteiger charge is 2.08. The van der Waals surface area contributed by atoms with E-state index in [9.17, 15) is 0 Å². The Bertz CT molecular complexity index is 461. The van der Waals surface area contributed by atoms with Crippen LogP contribution in [0.3, 0.4) is 0 Å². The molecule has 0 radical (unpaired) electrons. The van der Waals surface area contributed by atoms with Gasteiger partial charge in [-0.2, -0.15) is 5.10 Å². The van der Waals surface area contributed by atoms with Gasteiger partial charge in [0.25, 0.3) is 0 Å². The van der Waals surface area contributed by atoms with Crippen LogP contribution in [0.4, 0.5) is 0 Å². The van der Waals surface area contributed by atoms with Crippen LogP contribution in [0.1, 0.15) is 17.3 Å². The van der Waals surface area contributed by atoms with Crippen molar-refractivity contribution < 1.29 is 0 Å². The Labute approximate surface area is 109 Å². The van der Waals surface area contributed by atoms with Crippen molar-refractivity contribution in [3.05, 3.63) is 51.4 Å². The number of halogens is 1. The molecule has 1 heterocycles. The predicted molar refractivity (Wildman–Crippen MR) is 73.0 cm³/mol. The van der Waals surface area contributed by atoms with Crippen LogP contribution in [0.5, 0.6) is 0 Å². The van der Waals surface area contributed by atoms with E-state index in [4.69, 9.17) is 5.73 Å². The summed E-state index contributed by atoms with van der Waals surface area (Å²) >= 11 is 2.29. The highest BCUT2D eigenvalue weighted by atomic mass is 127. The molecule has 1 unspecified atom stereocenters. The molecule has 2 N–H and O–H groups in total. The lowest BCUT2D eigenvalue weighted by molar-refractivity contribution is 0.675. The molecule has 0 spiro atoms. The topological polar surface area (TPSA) is 43.8 Å². The fraction of sp³-hybridized carbons (Fsp3) is 0.250. The summed E-state index contributed by atoms with van der Waals surface area (Å²) in [6.45, 7) is 0. The molecule has 3 nitrogen and oxygen atoms in total. The Morgan fingerprint density at radius 2 is 2.00 bits per heavy atom. The minimum atomic E-state index is 0.0203. The normalized spacial score (nSPS) is 12.7. The number of benzene rings is 1. The molecule has 0 saturated carbocycles. The minimum absolute atomic E-state index is 0.0203. The molecule has 1 atom stereocenters. The van der Waals surface area contributed by atoms with Crippen LogP contribution >= 0.6 is 22.6 Å². The average molecular weight is 327 g/mol. The summed E-state index contributed by atoms with van der Waals surface area (Å²) in [6.07, 6.45) is 2.72. The van der Waals surface area contributed by atoms with Gasteiger partial charge in [-0.3, -0.25) is 4.68 Å². The summed E-state index contributed by atoms with van der Waals surface area (Å²) in [5, 5.41) is 4.33. The summed E-state index contributed by atoms with van der Waals surface area (Å²) in [5.74, 6) is 0. The van der Waals surface area contributed by atoms with Gasteiger partial charge in [-0.1, -0.05) is 12.1 Å². The van der Waals surface area contributed by atoms with Gasteiger partial charge in [0.05, 0.1) is 5.69 Å². The molecule has 0 amide bonds. The molecular weight excluding hydrogens is 313 g/mol. The highest BCUT2D eigenvalue weighted by Crippen LogP contribution is 2.16. The van der Waals surface area contributed by atoms with Crippen molar-refractivity contribution in [3.63, 3.8) is 0 Å². The van der Waals surface area contributed by atoms with Gasteiger partial charge >= 0.3 is 0 Å². The molecular formula is C12H14IN3. The standard InChI is InChI=1S/C12H14IN3/c1-16-7-6-11(15-16)8-12(14)9-2-4-10(13)5-3-9/h2-7,12H,8,14H2,1H3. The largest absolute Gasteiger partial charge is 0.324 e. The molecule has 1 aromatic carbocycles. The molecule has 0 aliphatic heterocycles. The van der Waals surface area contributed by atoms with Crippen LogP contribution in [0.2, 0.25) is 0 Å². The maximum Gasteiger partial charge on any atom is 0.0643 e. The molecule has 2 rings (SSSR count). The maximum atomic E-state index is 6.13. The molecule has 0 aliphatic carbocycles. The van der Waals surface area contributed by atoms with Crippen LogP contribution in [0.25, 0.3) is 0 Å². The van der Waals surface area contributed by atoms with E-state index in [1.54, 1.807) is 4.68 Å². The smallest absolute Gasteiger partial charge is 0.0643 e. The second-order valence-electron chi connectivity index (χ2n) is 3.84. The van der Waals surface area contributed by atoms with Crippen LogP contribution in [0.15, 0.2) is 36.5 Å². The third-order valence-corrected chi connectivity index (χ3v) is 3.22. The SMILES string of the molecule is Cn1ccc(CC(N)c2ccc(I)cc2)n1. The fourth-order valence-electron chi connectivity index (χ4n) is 1.63. The Morgan fingerprint density at radius 1 is 1.31 bits per heavy atom. The summed E-state index contributed by atoms with van der Waals surface area (Å²) in [4.78, 5) is 0. The van der Waals surface area contributed by atoms with E-state index in [2.05, 4.69) is 52.0 Å². The maximum absolute atomic E-state index is 6.13. The molecule has 16 heavy (non-hydrogen) atoms. The molecule has 0 fully saturated rings. The number of rotatable bonds is 3. The molecule has 0 saturated heterocycles. The monoisotopic (exact) mass is 327 g/mol. The molecule has 84 valence electrons. The van der Waals surface area contributed by atoms with Crippen molar-refractivity contribution in [2.24, 2.45) is 12.8 Å². The summed E-state index contributed by atoms with van der Waals surface area (Å²) in [6, 6.07) is 10.3. The van der Waals surface area contributed by atoms with Crippen molar-refractivity contribution in [1.82, 2.24) is 9.78 Å². The van der Waals surface area contributed by atoms with Gasteiger partial charge in [-0.05, 0) is 46.4 Å². The second-order valence-corrected chi connectivity index (χ2v) is 5.09. The predicted octanol–water partition coefficient (Wildman–Crippen LogP) is 2.27. The van der Waals surface area contributed by atoms with Crippen LogP contribution < -0.4 is 5.73 Å². The number of aryl methyl sites for hydroxylation is 1. The molecule has 0 aliphatic rings. The number of hydrogen-bond donors (Lipinski definition) is 1. The van der Waals surface area contributed by atoms with Gasteiger partial charge in [0.2, 0.25) is 0 Å². The van der Waals surface area contributed by atoms with E-state index in [0.29, 0.717) is 0 Å². The van der Waals surface area contributed by atoms with Gasteiger partial charge in [0.1, 0.15) is 0 Å². The van der Waals surface area contributed by atoms with Crippen LogP contribution in [-0.2, 0) is 13.5 Å². The van der Waals surface area contributed by atoms with Crippen molar-refractivity contribution in [2.45, 2.75) is 12.5 Å². The zero-order valence-corrected chi connectivity index (χ0v) is 11.3. The first-order valence-corrected chi connectivity index (χ1v) is 6.22. The van der Waals surface area contributed by atoms with Crippen LogP contribution in [0, 0.1) is 3.57 Å². The van der Waals surface area contributed by atoms with Gasteiger partial charge in [0.15, 0.2) is 0 Å². The quantitative estimate of drug-likeness (QED) is 0.879. The number of nitrogens with two attached hydrogens (primary N) is 1. The lowest BCUT2D eigenvalue weighted by Crippen LogP contribution is -2.13. The molecule has 1 aromatic heterocycles. The number of nitrogens with zero attached hydrogens (tertiary/aromatic N) is 2. The highest BCUT2D eigenvalue weighted by molar-refractivity contribution is 14.1. The van der Waals surface area contributed by atoms with Crippen molar-refractivity contribution in [1.29, 1.82) is 0 Å². The fourth-order valence-corrected chi connectivity index (χ4v) is 1.98. The van der Waals surface area contributed by atoms with Gasteiger partial charge < -0.3 is 5.73 Å². The summed E-state index contributed by atoms with van der Waals surface area (Å²) < 4.78 is 3.03. The molecule has 0 bridgehead atoms. The number of aromatic nitrogens is 2. The van der Waals surface area contributed by atoms with Crippen LogP contribution in [-0.4, -0.2) is 9.78 Å². The Kier molecular flexibility index (Phi) is 3.60. The lowest BCUT2D eigenvalue weighted by atomic mass is 10.0. The first kappa shape index (κ1) is 11.6. The Morgan fingerprint density at radius 3 is 2.56 bits per heavy atom. The Balaban J connectivity index is 2.08. The lowest BCUT2D eigenvalue weighted by Gasteiger charge is -2.10. The molecule has 4 heteroatoms. The van der Waals surface area contributed by atoms with Crippen molar-refractivity contribution in [3.8, 4) is 0 Å². The summed E-state index contributed by atoms with van der Waals surface area (Å²) in [5.41, 5.74) is 8.33. The van der Waals surface area contributed by atoms with Crippen molar-refractivity contribution >= 4 is 22.6 Å². The van der Waals surface area contributed by atoms with Gasteiger partial charge in [-0.25, -0.2) is 0 Å². The minimum Gasteiger partial charge on any atom is -0.324 e. The van der Waals surface area contributed by atoms with Crippen molar-refractivity contribution in [2.75, 3.05) is 0 Å². The number of hydrogen-bond acceptors (Lipinski definition) is 2. The average Bonchev–Trinajstić information content (AvgIpc) is 2.65. The van der Waals surface area contributed by atoms with Gasteiger partial charge in [0, 0.05) is 29.3 Å². The van der Waals surface area contributed by atoms with Gasteiger partial charge in [-0.15, -0.1) is 0 Å². The third kappa shape index (κ3) is 2.82. The summed E-state index contributed by atoms with van der Waals surface area (Å²) in [7, 11) is 1.92. The van der Waals surface area contributed by atoms with E-state index in [0.717, 1.165) is 17.7 Å². The first-order chi connectivity index (χ1) is 7.65. The van der Waals surface area contributed by atoms with E-state index in [1.165, 1.54) is 3.57 Å². The second kappa shape index (κ2) is 4.97. The van der Waals surface area contributed by atoms with E-state index < -0.39 is 0 Å². The first-order valence-electron chi connectivity index (χ1n) is 5.15. The zero-order chi connectivity index (χ0) is 11.5. The third-order valence-electron chi connectivity index (χ3n) is 2.50. The Hall–Kier alpha value is -0.880. The molecule has 2 aromatic rings. The zero-order valence-electron chi connectivity index (χ0n) is 9.10.